The van der Waals surface area contributed by atoms with Gasteiger partial charge in [0, 0.05) is 39.5 Å². The molecule has 3 amide bonds. The fourth-order valence-corrected chi connectivity index (χ4v) is 6.91. The SMILES string of the molecule is COc1cc2cc(c1Cl)N(C)C(=O)C[C@@H](OC(=O)[C@@H](C)N(C)C(=O)C(C)C)[C@@]1(C)OC1[C@@H](C)[C@H]1C[C@](O)(NC(=O)O1)[C@@H](OC)/C=C/C=C(\C)C2. The summed E-state index contributed by atoms with van der Waals surface area (Å²) in [6.45, 7) is 10.5. The number of nitrogens with zero attached hydrogens (tertiary/aromatic N) is 2. The number of likely N-dealkylation sites (N-methyl/N-ethyl adjacent to an activating group) is 1. The van der Waals surface area contributed by atoms with Crippen LogP contribution in [0.15, 0.2) is 35.9 Å². The smallest absolute Gasteiger partial charge is 0.409 e. The fraction of sp³-hybridized carbons (Fsp3) is 0.611. The number of nitrogens with one attached hydrogen (secondary N) is 1. The topological polar surface area (TPSA) is 156 Å². The number of amides is 3. The zero-order valence-corrected chi connectivity index (χ0v) is 31.2. The highest BCUT2D eigenvalue weighted by molar-refractivity contribution is 6.35. The minimum absolute atomic E-state index is 0.0449. The first-order valence-electron chi connectivity index (χ1n) is 16.7. The Balaban J connectivity index is 1.78. The van der Waals surface area contributed by atoms with E-state index in [1.165, 1.54) is 31.1 Å². The van der Waals surface area contributed by atoms with Crippen LogP contribution in [0, 0.1) is 11.8 Å². The molecule has 3 heterocycles. The van der Waals surface area contributed by atoms with Gasteiger partial charge in [-0.25, -0.2) is 9.59 Å². The molecule has 2 fully saturated rings. The van der Waals surface area contributed by atoms with Gasteiger partial charge >= 0.3 is 12.1 Å². The summed E-state index contributed by atoms with van der Waals surface area (Å²) in [6, 6.07) is 2.63. The predicted molar refractivity (Wildman–Crippen MR) is 186 cm³/mol. The second kappa shape index (κ2) is 15.3. The van der Waals surface area contributed by atoms with Gasteiger partial charge in [0.05, 0.1) is 25.3 Å². The largest absolute Gasteiger partial charge is 0.495 e. The minimum atomic E-state index is -1.82. The van der Waals surface area contributed by atoms with Crippen molar-refractivity contribution in [2.45, 2.75) is 103 Å². The van der Waals surface area contributed by atoms with Crippen molar-refractivity contribution in [3.63, 3.8) is 0 Å². The summed E-state index contributed by atoms with van der Waals surface area (Å²) in [5.41, 5.74) is -0.881. The van der Waals surface area contributed by atoms with Crippen LogP contribution < -0.4 is 15.0 Å². The maximum atomic E-state index is 14.1. The van der Waals surface area contributed by atoms with Crippen LogP contribution in [0.25, 0.3) is 0 Å². The highest BCUT2D eigenvalue weighted by atomic mass is 35.5. The summed E-state index contributed by atoms with van der Waals surface area (Å²) in [5.74, 6) is -1.88. The van der Waals surface area contributed by atoms with Gasteiger partial charge in [0.25, 0.3) is 0 Å². The Kier molecular flexibility index (Phi) is 12.0. The Morgan fingerprint density at radius 2 is 1.88 bits per heavy atom. The zero-order valence-electron chi connectivity index (χ0n) is 30.4. The van der Waals surface area contributed by atoms with Gasteiger partial charge in [-0.05, 0) is 44.9 Å². The molecule has 276 valence electrons. The lowest BCUT2D eigenvalue weighted by molar-refractivity contribution is -0.162. The Bertz CT molecular complexity index is 1550. The standard InChI is InChI=1S/C36H50ClN3O10/c1-19(2)32(42)39(7)22(5)33(43)49-28-17-29(41)40(8)24-15-23(16-25(46-9)30(24)37)14-20(3)12-11-13-27(47-10)36(45)18-26(48-34(44)38-36)21(4)31-35(28,6)50-31/h11-13,15-16,19,21-22,26-28,31,45H,14,17-18H2,1-10H3,(H,38,44)/b13-11+,20-12+/t21-,22+,26+,27-,28+,31?,35+,36+/m0/s1. The number of epoxide rings is 1. The lowest BCUT2D eigenvalue weighted by atomic mass is 9.83. The van der Waals surface area contributed by atoms with Gasteiger partial charge in [0.15, 0.2) is 5.72 Å². The molecule has 1 aromatic carbocycles. The van der Waals surface area contributed by atoms with E-state index in [9.17, 15) is 24.3 Å². The molecule has 0 aliphatic carbocycles. The van der Waals surface area contributed by atoms with Crippen LogP contribution in [0.2, 0.25) is 5.02 Å². The molecule has 2 saturated heterocycles. The molecule has 3 aliphatic heterocycles. The molecule has 0 spiro atoms. The van der Waals surface area contributed by atoms with Crippen LogP contribution in [0.3, 0.4) is 0 Å². The number of carbonyl (C=O) groups is 4. The molecular formula is C36H50ClN3O10. The molecule has 1 unspecified atom stereocenters. The maximum Gasteiger partial charge on any atom is 0.409 e. The second-order valence-corrected chi connectivity index (χ2v) is 14.4. The molecule has 2 N–H and O–H groups in total. The molecule has 50 heavy (non-hydrogen) atoms. The zero-order chi connectivity index (χ0) is 37.3. The van der Waals surface area contributed by atoms with Crippen LogP contribution >= 0.6 is 11.6 Å². The number of ether oxygens (including phenoxy) is 5. The van der Waals surface area contributed by atoms with E-state index in [0.29, 0.717) is 17.9 Å². The van der Waals surface area contributed by atoms with E-state index in [0.717, 1.165) is 11.1 Å². The Hall–Kier alpha value is -3.65. The molecule has 0 saturated carbocycles. The Labute approximate surface area is 298 Å². The third-order valence-corrected chi connectivity index (χ3v) is 10.4. The summed E-state index contributed by atoms with van der Waals surface area (Å²) in [7, 11) is 6.02. The van der Waals surface area contributed by atoms with Gasteiger partial charge in [-0.15, -0.1) is 0 Å². The Morgan fingerprint density at radius 1 is 1.20 bits per heavy atom. The predicted octanol–water partition coefficient (Wildman–Crippen LogP) is 4.17. The number of rotatable bonds is 6. The van der Waals surface area contributed by atoms with Crippen LogP contribution in [0.1, 0.15) is 59.9 Å². The third kappa shape index (κ3) is 8.11. The van der Waals surface area contributed by atoms with E-state index >= 15 is 0 Å². The lowest BCUT2D eigenvalue weighted by Crippen LogP contribution is -2.63. The summed E-state index contributed by atoms with van der Waals surface area (Å²) < 4.78 is 29.1. The van der Waals surface area contributed by atoms with Crippen molar-refractivity contribution in [1.82, 2.24) is 10.2 Å². The van der Waals surface area contributed by atoms with Gasteiger partial charge in [-0.3, -0.25) is 14.9 Å². The molecule has 1 aromatic rings. The van der Waals surface area contributed by atoms with Gasteiger partial charge in [-0.1, -0.05) is 56.2 Å². The van der Waals surface area contributed by atoms with E-state index < -0.39 is 65.7 Å². The summed E-state index contributed by atoms with van der Waals surface area (Å²) in [6.07, 6.45) is 1.00. The molecule has 4 rings (SSSR count). The Morgan fingerprint density at radius 3 is 2.50 bits per heavy atom. The highest BCUT2D eigenvalue weighted by Crippen LogP contribution is 2.49. The summed E-state index contributed by atoms with van der Waals surface area (Å²) in [5, 5.41) is 14.4. The number of halogens is 1. The molecular weight excluding hydrogens is 670 g/mol. The molecule has 0 radical (unpaired) electrons. The molecule has 13 nitrogen and oxygen atoms in total. The number of allylic oxidation sites excluding steroid dienone is 3. The van der Waals surface area contributed by atoms with Crippen molar-refractivity contribution < 1.29 is 48.0 Å². The molecule has 8 atom stereocenters. The van der Waals surface area contributed by atoms with Crippen LogP contribution in [0.5, 0.6) is 5.75 Å². The number of carbonyl (C=O) groups excluding carboxylic acids is 4. The number of benzene rings is 1. The first-order valence-corrected chi connectivity index (χ1v) is 17.1. The van der Waals surface area contributed by atoms with E-state index in [-0.39, 0.29) is 29.7 Å². The monoisotopic (exact) mass is 719 g/mol. The number of methoxy groups -OCH3 is 2. The highest BCUT2D eigenvalue weighted by Gasteiger charge is 2.64. The average molecular weight is 720 g/mol. The number of fused-ring (bicyclic) bond motifs is 5. The third-order valence-electron chi connectivity index (χ3n) is 9.97. The van der Waals surface area contributed by atoms with Gasteiger partial charge < -0.3 is 38.6 Å². The number of alkyl carbamates (subject to hydrolysis) is 1. The molecule has 3 aliphatic rings. The van der Waals surface area contributed by atoms with Crippen LogP contribution in [-0.2, 0) is 39.8 Å². The van der Waals surface area contributed by atoms with Crippen molar-refractivity contribution >= 4 is 41.2 Å². The number of hydrogen-bond acceptors (Lipinski definition) is 10. The first kappa shape index (κ1) is 39.1. The van der Waals surface area contributed by atoms with Crippen molar-refractivity contribution in [2.24, 2.45) is 11.8 Å². The molecule has 14 heteroatoms. The minimum Gasteiger partial charge on any atom is -0.495 e. The van der Waals surface area contributed by atoms with Crippen molar-refractivity contribution in [3.8, 4) is 5.75 Å². The van der Waals surface area contributed by atoms with Gasteiger partial charge in [0.2, 0.25) is 11.8 Å². The van der Waals surface area contributed by atoms with Crippen molar-refractivity contribution in [1.29, 1.82) is 0 Å². The maximum absolute atomic E-state index is 14.1. The normalized spacial score (nSPS) is 32.5. The van der Waals surface area contributed by atoms with E-state index in [4.69, 9.17) is 35.3 Å². The number of aliphatic hydroxyl groups is 1. The van der Waals surface area contributed by atoms with Crippen molar-refractivity contribution in [2.75, 3.05) is 33.2 Å². The second-order valence-electron chi connectivity index (χ2n) is 14.0. The summed E-state index contributed by atoms with van der Waals surface area (Å²) >= 11 is 6.74. The number of esters is 1. The van der Waals surface area contributed by atoms with Crippen LogP contribution in [-0.4, -0.2) is 104 Å². The van der Waals surface area contributed by atoms with Crippen LogP contribution in [0.4, 0.5) is 10.5 Å². The molecule has 0 aromatic heterocycles. The lowest BCUT2D eigenvalue weighted by Gasteiger charge is -2.42. The van der Waals surface area contributed by atoms with Gasteiger partial charge in [-0.2, -0.15) is 0 Å². The number of hydrogen-bond donors (Lipinski definition) is 2. The average Bonchev–Trinajstić information content (AvgIpc) is 3.76. The van der Waals surface area contributed by atoms with E-state index in [1.807, 2.05) is 13.0 Å². The van der Waals surface area contributed by atoms with Gasteiger partial charge in [0.1, 0.15) is 40.7 Å². The number of anilines is 1. The first-order chi connectivity index (χ1) is 23.4. The van der Waals surface area contributed by atoms with E-state index in [2.05, 4.69) is 5.32 Å². The fourth-order valence-electron chi connectivity index (χ4n) is 6.60. The van der Waals surface area contributed by atoms with E-state index in [1.54, 1.807) is 66.0 Å². The quantitative estimate of drug-likeness (QED) is 0.323. The van der Waals surface area contributed by atoms with Crippen molar-refractivity contribution in [3.05, 3.63) is 46.5 Å². The molecule has 4 bridgehead atoms. The summed E-state index contributed by atoms with van der Waals surface area (Å²) in [4.78, 5) is 55.8.